The Hall–Kier alpha value is -1.26. The Labute approximate surface area is 143 Å². The third kappa shape index (κ3) is 6.40. The molecule has 1 fully saturated rings. The van der Waals surface area contributed by atoms with E-state index in [-0.39, 0.29) is 11.9 Å². The maximum absolute atomic E-state index is 11.7. The van der Waals surface area contributed by atoms with Crippen LogP contribution in [0.15, 0.2) is 24.3 Å². The Morgan fingerprint density at radius 3 is 2.78 bits per heavy atom. The predicted octanol–water partition coefficient (Wildman–Crippen LogP) is 3.77. The van der Waals surface area contributed by atoms with Gasteiger partial charge in [0, 0.05) is 5.02 Å². The quantitative estimate of drug-likeness (QED) is 0.534. The molecule has 0 aromatic heterocycles. The maximum atomic E-state index is 11.7. The largest absolute Gasteiger partial charge is 0.494 e. The van der Waals surface area contributed by atoms with Crippen molar-refractivity contribution in [3.05, 3.63) is 29.3 Å². The van der Waals surface area contributed by atoms with Crippen LogP contribution in [0, 0.1) is 5.92 Å². The first kappa shape index (κ1) is 18.1. The molecular formula is C18H26ClNO3. The number of hydrogen-bond donors (Lipinski definition) is 0. The topological polar surface area (TPSA) is 38.8 Å². The molecule has 23 heavy (non-hydrogen) atoms. The lowest BCUT2D eigenvalue weighted by atomic mass is 9.97. The van der Waals surface area contributed by atoms with Crippen molar-refractivity contribution in [3.8, 4) is 5.75 Å². The van der Waals surface area contributed by atoms with Gasteiger partial charge in [-0.15, -0.1) is 0 Å². The molecular weight excluding hydrogens is 314 g/mol. The average molecular weight is 340 g/mol. The van der Waals surface area contributed by atoms with Crippen molar-refractivity contribution in [1.82, 2.24) is 4.90 Å². The summed E-state index contributed by atoms with van der Waals surface area (Å²) in [7, 11) is 0. The number of carbonyl (C=O) groups excluding carboxylic acids is 1. The van der Waals surface area contributed by atoms with E-state index in [1.165, 1.54) is 0 Å². The molecule has 0 spiro atoms. The third-order valence-corrected chi connectivity index (χ3v) is 4.38. The summed E-state index contributed by atoms with van der Waals surface area (Å²) >= 11 is 5.92. The summed E-state index contributed by atoms with van der Waals surface area (Å²) in [4.78, 5) is 14.1. The molecule has 5 heteroatoms. The molecule has 0 amide bonds. The first-order chi connectivity index (χ1) is 11.2. The third-order valence-electron chi connectivity index (χ3n) is 4.14. The van der Waals surface area contributed by atoms with Crippen molar-refractivity contribution in [2.24, 2.45) is 5.92 Å². The molecule has 0 N–H and O–H groups in total. The number of unbranched alkanes of at least 4 members (excludes halogenated alkanes) is 1. The Balaban J connectivity index is 1.55. The number of likely N-dealkylation sites (tertiary alicyclic amines) is 1. The van der Waals surface area contributed by atoms with Crippen LogP contribution >= 0.6 is 11.6 Å². The van der Waals surface area contributed by atoms with Crippen LogP contribution in [-0.4, -0.2) is 43.7 Å². The van der Waals surface area contributed by atoms with Crippen molar-refractivity contribution in [2.75, 3.05) is 32.8 Å². The van der Waals surface area contributed by atoms with Gasteiger partial charge in [-0.3, -0.25) is 4.79 Å². The van der Waals surface area contributed by atoms with Gasteiger partial charge < -0.3 is 14.4 Å². The van der Waals surface area contributed by atoms with Crippen LogP contribution < -0.4 is 4.74 Å². The molecule has 0 unspecified atom stereocenters. The van der Waals surface area contributed by atoms with Crippen molar-refractivity contribution >= 4 is 17.6 Å². The lowest BCUT2D eigenvalue weighted by molar-refractivity contribution is -0.149. The van der Waals surface area contributed by atoms with Gasteiger partial charge in [0.25, 0.3) is 0 Å². The number of hydrogen-bond acceptors (Lipinski definition) is 4. The van der Waals surface area contributed by atoms with E-state index in [0.29, 0.717) is 18.2 Å². The lowest BCUT2D eigenvalue weighted by Gasteiger charge is -2.30. The minimum absolute atomic E-state index is 0.0259. The number of ether oxygens (including phenoxy) is 2. The molecule has 0 atom stereocenters. The Bertz CT molecular complexity index is 487. The molecule has 2 rings (SSSR count). The zero-order chi connectivity index (χ0) is 16.5. The zero-order valence-electron chi connectivity index (χ0n) is 13.8. The van der Waals surface area contributed by atoms with Gasteiger partial charge in [-0.05, 0) is 70.4 Å². The summed E-state index contributed by atoms with van der Waals surface area (Å²) in [5, 5.41) is 0.701. The monoisotopic (exact) mass is 339 g/mol. The van der Waals surface area contributed by atoms with Crippen molar-refractivity contribution in [3.63, 3.8) is 0 Å². The fraction of sp³-hybridized carbons (Fsp3) is 0.611. The standard InChI is InChI=1S/C18H26ClNO3/c1-2-22-18(21)15-8-11-20(12-9-15)10-3-4-13-23-17-7-5-6-16(19)14-17/h5-7,14-15H,2-4,8-13H2,1H3. The fourth-order valence-electron chi connectivity index (χ4n) is 2.84. The Morgan fingerprint density at radius 1 is 1.30 bits per heavy atom. The van der Waals surface area contributed by atoms with Gasteiger partial charge in [-0.25, -0.2) is 0 Å². The van der Waals surface area contributed by atoms with E-state index in [0.717, 1.165) is 51.1 Å². The summed E-state index contributed by atoms with van der Waals surface area (Å²) in [6.07, 6.45) is 3.95. The van der Waals surface area contributed by atoms with Crippen LogP contribution in [-0.2, 0) is 9.53 Å². The molecule has 0 aliphatic carbocycles. The van der Waals surface area contributed by atoms with Crippen LogP contribution in [0.1, 0.15) is 32.6 Å². The van der Waals surface area contributed by atoms with Gasteiger partial charge in [-0.2, -0.15) is 0 Å². The Kier molecular flexibility index (Phi) is 7.69. The molecule has 1 saturated heterocycles. The second kappa shape index (κ2) is 9.78. The summed E-state index contributed by atoms with van der Waals surface area (Å²) < 4.78 is 10.8. The fourth-order valence-corrected chi connectivity index (χ4v) is 3.02. The first-order valence-electron chi connectivity index (χ1n) is 8.46. The minimum atomic E-state index is -0.0259. The van der Waals surface area contributed by atoms with E-state index >= 15 is 0 Å². The summed E-state index contributed by atoms with van der Waals surface area (Å²) in [6, 6.07) is 7.49. The molecule has 1 heterocycles. The molecule has 0 saturated carbocycles. The van der Waals surface area contributed by atoms with E-state index in [4.69, 9.17) is 21.1 Å². The van der Waals surface area contributed by atoms with Gasteiger partial charge in [0.2, 0.25) is 0 Å². The molecule has 1 aromatic carbocycles. The number of rotatable bonds is 8. The molecule has 1 aliphatic heterocycles. The van der Waals surface area contributed by atoms with Crippen LogP contribution in [0.2, 0.25) is 5.02 Å². The minimum Gasteiger partial charge on any atom is -0.494 e. The summed E-state index contributed by atoms with van der Waals surface area (Å²) in [5.74, 6) is 0.896. The van der Waals surface area contributed by atoms with E-state index in [2.05, 4.69) is 4.90 Å². The SMILES string of the molecule is CCOC(=O)C1CCN(CCCCOc2cccc(Cl)c2)CC1. The number of nitrogens with zero attached hydrogens (tertiary/aromatic N) is 1. The maximum Gasteiger partial charge on any atom is 0.309 e. The van der Waals surface area contributed by atoms with Gasteiger partial charge >= 0.3 is 5.97 Å². The van der Waals surface area contributed by atoms with Gasteiger partial charge in [0.05, 0.1) is 19.1 Å². The lowest BCUT2D eigenvalue weighted by Crippen LogP contribution is -2.37. The first-order valence-corrected chi connectivity index (χ1v) is 8.84. The van der Waals surface area contributed by atoms with Crippen LogP contribution in [0.4, 0.5) is 0 Å². The second-order valence-corrected chi connectivity index (χ2v) is 6.32. The Morgan fingerprint density at radius 2 is 2.09 bits per heavy atom. The normalized spacial score (nSPS) is 16.3. The van der Waals surface area contributed by atoms with E-state index < -0.39 is 0 Å². The van der Waals surface area contributed by atoms with Crippen LogP contribution in [0.3, 0.4) is 0 Å². The number of halogens is 1. The molecule has 0 bridgehead atoms. The van der Waals surface area contributed by atoms with Gasteiger partial charge in [0.15, 0.2) is 0 Å². The molecule has 1 aromatic rings. The number of esters is 1. The molecule has 0 radical (unpaired) electrons. The molecule has 1 aliphatic rings. The predicted molar refractivity (Wildman–Crippen MR) is 92.0 cm³/mol. The van der Waals surface area contributed by atoms with Crippen LogP contribution in [0.25, 0.3) is 0 Å². The van der Waals surface area contributed by atoms with Crippen molar-refractivity contribution in [2.45, 2.75) is 32.6 Å². The molecule has 4 nitrogen and oxygen atoms in total. The zero-order valence-corrected chi connectivity index (χ0v) is 14.6. The number of carbonyl (C=O) groups is 1. The number of piperidine rings is 1. The average Bonchev–Trinajstić information content (AvgIpc) is 2.55. The highest BCUT2D eigenvalue weighted by Gasteiger charge is 2.25. The highest BCUT2D eigenvalue weighted by molar-refractivity contribution is 6.30. The van der Waals surface area contributed by atoms with Gasteiger partial charge in [0.1, 0.15) is 5.75 Å². The second-order valence-electron chi connectivity index (χ2n) is 5.88. The highest BCUT2D eigenvalue weighted by Crippen LogP contribution is 2.19. The van der Waals surface area contributed by atoms with E-state index in [1.807, 2.05) is 31.2 Å². The van der Waals surface area contributed by atoms with Crippen molar-refractivity contribution in [1.29, 1.82) is 0 Å². The van der Waals surface area contributed by atoms with Crippen molar-refractivity contribution < 1.29 is 14.3 Å². The smallest absolute Gasteiger partial charge is 0.309 e. The molecule has 128 valence electrons. The van der Waals surface area contributed by atoms with E-state index in [1.54, 1.807) is 0 Å². The van der Waals surface area contributed by atoms with Gasteiger partial charge in [-0.1, -0.05) is 17.7 Å². The summed E-state index contributed by atoms with van der Waals surface area (Å²) in [5.41, 5.74) is 0. The highest BCUT2D eigenvalue weighted by atomic mass is 35.5. The number of benzene rings is 1. The summed E-state index contributed by atoms with van der Waals surface area (Å²) in [6.45, 7) is 6.08. The van der Waals surface area contributed by atoms with Crippen LogP contribution in [0.5, 0.6) is 5.75 Å². The van der Waals surface area contributed by atoms with E-state index in [9.17, 15) is 4.79 Å².